The summed E-state index contributed by atoms with van der Waals surface area (Å²) in [5, 5.41) is 0. The molecular formula is C19H21NO4S. The van der Waals surface area contributed by atoms with Crippen LogP contribution in [0.2, 0.25) is 0 Å². The van der Waals surface area contributed by atoms with Crippen molar-refractivity contribution in [1.29, 1.82) is 0 Å². The minimum atomic E-state index is -3.44. The van der Waals surface area contributed by atoms with Crippen molar-refractivity contribution in [2.45, 2.75) is 18.1 Å². The fraction of sp³-hybridized carbons (Fsp3) is 0.368. The third-order valence-corrected chi connectivity index (χ3v) is 6.64. The van der Waals surface area contributed by atoms with Gasteiger partial charge < -0.3 is 9.47 Å². The first kappa shape index (κ1) is 16.7. The standard InChI is InChI=1S/C19H21NO4S/c1-15-7-9-17(10-8-15)25(21,22)20-11-19(12-20)13-23-18(24-14-19)16-5-3-2-4-6-16/h2-10,18H,11-14H2,1H3. The smallest absolute Gasteiger partial charge is 0.243 e. The summed E-state index contributed by atoms with van der Waals surface area (Å²) >= 11 is 0. The molecule has 5 nitrogen and oxygen atoms in total. The summed E-state index contributed by atoms with van der Waals surface area (Å²) in [7, 11) is -3.44. The molecule has 4 rings (SSSR count). The summed E-state index contributed by atoms with van der Waals surface area (Å²) in [6.45, 7) is 3.82. The molecule has 0 unspecified atom stereocenters. The SMILES string of the molecule is Cc1ccc(S(=O)(=O)N2CC3(COC(c4ccccc4)OC3)C2)cc1. The van der Waals surface area contributed by atoms with Gasteiger partial charge in [0.25, 0.3) is 0 Å². The highest BCUT2D eigenvalue weighted by Crippen LogP contribution is 2.40. The Hall–Kier alpha value is -1.73. The summed E-state index contributed by atoms with van der Waals surface area (Å²) in [4.78, 5) is 0.341. The molecule has 0 bridgehead atoms. The minimum Gasteiger partial charge on any atom is -0.348 e. The zero-order valence-electron chi connectivity index (χ0n) is 14.1. The number of hydrogen-bond donors (Lipinski definition) is 0. The summed E-state index contributed by atoms with van der Waals surface area (Å²) in [6.07, 6.45) is -0.366. The summed E-state index contributed by atoms with van der Waals surface area (Å²) in [5.41, 5.74) is 1.80. The second-order valence-corrected chi connectivity index (χ2v) is 8.89. The van der Waals surface area contributed by atoms with E-state index >= 15 is 0 Å². The van der Waals surface area contributed by atoms with E-state index in [4.69, 9.17) is 9.47 Å². The van der Waals surface area contributed by atoms with Crippen molar-refractivity contribution in [2.24, 2.45) is 5.41 Å². The molecule has 2 fully saturated rings. The fourth-order valence-electron chi connectivity index (χ4n) is 3.31. The number of rotatable bonds is 3. The number of hydrogen-bond acceptors (Lipinski definition) is 4. The molecule has 0 atom stereocenters. The third-order valence-electron chi connectivity index (χ3n) is 4.84. The Morgan fingerprint density at radius 3 is 2.16 bits per heavy atom. The van der Waals surface area contributed by atoms with E-state index in [1.54, 1.807) is 12.1 Å². The van der Waals surface area contributed by atoms with E-state index in [1.807, 2.05) is 49.4 Å². The van der Waals surface area contributed by atoms with Crippen LogP contribution in [0.3, 0.4) is 0 Å². The van der Waals surface area contributed by atoms with Crippen molar-refractivity contribution >= 4 is 10.0 Å². The van der Waals surface area contributed by atoms with E-state index in [9.17, 15) is 8.42 Å². The predicted octanol–water partition coefficient (Wildman–Crippen LogP) is 2.73. The van der Waals surface area contributed by atoms with Crippen molar-refractivity contribution in [1.82, 2.24) is 4.31 Å². The molecule has 2 aliphatic rings. The molecule has 2 saturated heterocycles. The molecule has 0 radical (unpaired) electrons. The van der Waals surface area contributed by atoms with Gasteiger partial charge in [-0.15, -0.1) is 0 Å². The first-order valence-corrected chi connectivity index (χ1v) is 9.78. The van der Waals surface area contributed by atoms with Crippen LogP contribution in [0.5, 0.6) is 0 Å². The van der Waals surface area contributed by atoms with Crippen LogP contribution in [-0.4, -0.2) is 39.0 Å². The first-order valence-electron chi connectivity index (χ1n) is 8.34. The van der Waals surface area contributed by atoms with Crippen LogP contribution in [0.25, 0.3) is 0 Å². The lowest BCUT2D eigenvalue weighted by Crippen LogP contribution is -2.63. The highest BCUT2D eigenvalue weighted by atomic mass is 32.2. The Bertz CT molecular complexity index is 833. The molecule has 0 aliphatic carbocycles. The number of sulfonamides is 1. The van der Waals surface area contributed by atoms with Crippen molar-refractivity contribution in [3.8, 4) is 0 Å². The second-order valence-electron chi connectivity index (χ2n) is 6.95. The molecule has 2 aromatic carbocycles. The van der Waals surface area contributed by atoms with Gasteiger partial charge in [-0.05, 0) is 19.1 Å². The van der Waals surface area contributed by atoms with Crippen LogP contribution in [0.1, 0.15) is 17.4 Å². The van der Waals surface area contributed by atoms with Gasteiger partial charge in [0.05, 0.1) is 18.1 Å². The molecule has 2 aliphatic heterocycles. The van der Waals surface area contributed by atoms with E-state index in [0.717, 1.165) is 11.1 Å². The van der Waals surface area contributed by atoms with Crippen molar-refractivity contribution in [2.75, 3.05) is 26.3 Å². The normalized spacial score (nSPS) is 21.2. The molecule has 25 heavy (non-hydrogen) atoms. The maximum atomic E-state index is 12.7. The number of nitrogens with zero attached hydrogens (tertiary/aromatic N) is 1. The molecule has 2 aromatic rings. The Morgan fingerprint density at radius 2 is 1.56 bits per heavy atom. The van der Waals surface area contributed by atoms with Gasteiger partial charge in [0, 0.05) is 24.1 Å². The van der Waals surface area contributed by atoms with Crippen molar-refractivity contribution < 1.29 is 17.9 Å². The molecule has 0 saturated carbocycles. The van der Waals surface area contributed by atoms with E-state index in [1.165, 1.54) is 4.31 Å². The second kappa shape index (κ2) is 6.21. The molecule has 1 spiro atoms. The molecule has 0 aromatic heterocycles. The zero-order valence-corrected chi connectivity index (χ0v) is 14.9. The molecular weight excluding hydrogens is 338 g/mol. The minimum absolute atomic E-state index is 0.233. The van der Waals surface area contributed by atoms with Gasteiger partial charge in [-0.1, -0.05) is 48.0 Å². The van der Waals surface area contributed by atoms with Crippen LogP contribution in [0.15, 0.2) is 59.5 Å². The van der Waals surface area contributed by atoms with E-state index < -0.39 is 10.0 Å². The number of ether oxygens (including phenoxy) is 2. The number of benzene rings is 2. The Balaban J connectivity index is 1.40. The lowest BCUT2D eigenvalue weighted by atomic mass is 9.83. The van der Waals surface area contributed by atoms with Gasteiger partial charge in [-0.3, -0.25) is 0 Å². The van der Waals surface area contributed by atoms with E-state index in [2.05, 4.69) is 0 Å². The van der Waals surface area contributed by atoms with Gasteiger partial charge in [0.15, 0.2) is 6.29 Å². The lowest BCUT2D eigenvalue weighted by molar-refractivity contribution is -0.253. The van der Waals surface area contributed by atoms with Crippen LogP contribution in [0.4, 0.5) is 0 Å². The van der Waals surface area contributed by atoms with E-state index in [-0.39, 0.29) is 11.7 Å². The van der Waals surface area contributed by atoms with Gasteiger partial charge >= 0.3 is 0 Å². The summed E-state index contributed by atoms with van der Waals surface area (Å²) in [6, 6.07) is 16.8. The maximum Gasteiger partial charge on any atom is 0.243 e. The van der Waals surface area contributed by atoms with Crippen molar-refractivity contribution in [3.63, 3.8) is 0 Å². The molecule has 132 valence electrons. The van der Waals surface area contributed by atoms with Crippen LogP contribution in [-0.2, 0) is 19.5 Å². The van der Waals surface area contributed by atoms with Crippen LogP contribution < -0.4 is 0 Å². The van der Waals surface area contributed by atoms with Gasteiger partial charge in [-0.25, -0.2) is 8.42 Å². The lowest BCUT2D eigenvalue weighted by Gasteiger charge is -2.51. The van der Waals surface area contributed by atoms with Crippen LogP contribution in [0, 0.1) is 12.3 Å². The Kier molecular flexibility index (Phi) is 4.16. The van der Waals surface area contributed by atoms with Crippen LogP contribution >= 0.6 is 0 Å². The van der Waals surface area contributed by atoms with Gasteiger partial charge in [-0.2, -0.15) is 4.31 Å². The topological polar surface area (TPSA) is 55.8 Å². The van der Waals surface area contributed by atoms with Gasteiger partial charge in [0.1, 0.15) is 0 Å². The van der Waals surface area contributed by atoms with Crippen molar-refractivity contribution in [3.05, 3.63) is 65.7 Å². The highest BCUT2D eigenvalue weighted by Gasteiger charge is 2.51. The quantitative estimate of drug-likeness (QED) is 0.846. The average Bonchev–Trinajstić information content (AvgIpc) is 2.61. The summed E-state index contributed by atoms with van der Waals surface area (Å²) < 4.78 is 38.6. The number of aryl methyl sites for hydroxylation is 1. The maximum absolute atomic E-state index is 12.7. The molecule has 0 amide bonds. The van der Waals surface area contributed by atoms with E-state index in [0.29, 0.717) is 31.2 Å². The Labute approximate surface area is 148 Å². The predicted molar refractivity (Wildman–Crippen MR) is 93.5 cm³/mol. The Morgan fingerprint density at radius 1 is 0.960 bits per heavy atom. The fourth-order valence-corrected chi connectivity index (χ4v) is 4.98. The molecule has 2 heterocycles. The molecule has 0 N–H and O–H groups in total. The summed E-state index contributed by atoms with van der Waals surface area (Å²) in [5.74, 6) is 0. The monoisotopic (exact) mass is 359 g/mol. The molecule has 6 heteroatoms. The largest absolute Gasteiger partial charge is 0.348 e. The average molecular weight is 359 g/mol. The third kappa shape index (κ3) is 3.11. The highest BCUT2D eigenvalue weighted by molar-refractivity contribution is 7.89. The van der Waals surface area contributed by atoms with Gasteiger partial charge in [0.2, 0.25) is 10.0 Å². The zero-order chi connectivity index (χ0) is 17.5. The first-order chi connectivity index (χ1) is 12.0.